The minimum absolute atomic E-state index is 0.0469. The Morgan fingerprint density at radius 2 is 0.910 bits per heavy atom. The second-order valence-electron chi connectivity index (χ2n) is 14.8. The second-order valence-corrected chi connectivity index (χ2v) is 20.0. The minimum Gasteiger partial charge on any atom is -0.478 e. The van der Waals surface area contributed by atoms with Crippen molar-refractivity contribution in [2.45, 2.75) is 31.0 Å². The molecule has 0 saturated heterocycles. The molecule has 366 valence electrons. The normalized spacial score (nSPS) is 17.0. The Kier molecular flexibility index (Phi) is 17.0. The van der Waals surface area contributed by atoms with Crippen molar-refractivity contribution in [3.8, 4) is 0 Å². The summed E-state index contributed by atoms with van der Waals surface area (Å²) in [5.74, 6) is -5.97. The molecule has 2 bridgehead atoms. The van der Waals surface area contributed by atoms with E-state index in [2.05, 4.69) is 14.8 Å². The van der Waals surface area contributed by atoms with Gasteiger partial charge in [0.2, 0.25) is 30.1 Å². The summed E-state index contributed by atoms with van der Waals surface area (Å²) in [6, 6.07) is 12.3. The number of hydrogen-bond donors (Lipinski definition) is 6. The fourth-order valence-electron chi connectivity index (χ4n) is 6.43. The maximum absolute atomic E-state index is 13.3. The van der Waals surface area contributed by atoms with E-state index in [9.17, 15) is 75.2 Å². The van der Waals surface area contributed by atoms with E-state index >= 15 is 0 Å². The number of rotatable bonds is 11. The van der Waals surface area contributed by atoms with Crippen LogP contribution in [0.1, 0.15) is 60.7 Å². The fourth-order valence-corrected chi connectivity index (χ4v) is 8.14. The number of esters is 2. The van der Waals surface area contributed by atoms with Crippen LogP contribution in [0.25, 0.3) is 0 Å². The largest absolute Gasteiger partial charge is 0.478 e. The summed E-state index contributed by atoms with van der Waals surface area (Å²) in [4.78, 5) is 45.1. The highest BCUT2D eigenvalue weighted by Gasteiger charge is 2.79. The third kappa shape index (κ3) is 15.4. The van der Waals surface area contributed by atoms with Crippen molar-refractivity contribution >= 4 is 76.6 Å². The van der Waals surface area contributed by atoms with E-state index in [1.165, 1.54) is 13.2 Å². The first-order valence-electron chi connectivity index (χ1n) is 18.3. The maximum Gasteiger partial charge on any atom is 0.394 e. The van der Waals surface area contributed by atoms with E-state index in [0.29, 0.717) is 0 Å². The molecule has 3 saturated carbocycles. The Balaban J connectivity index is 0.000000246. The molecule has 0 heterocycles. The lowest BCUT2D eigenvalue weighted by Gasteiger charge is -2.70. The number of methoxy groups -OCH3 is 2. The highest BCUT2D eigenvalue weighted by atomic mass is 32.2. The summed E-state index contributed by atoms with van der Waals surface area (Å²) >= 11 is 0. The third-order valence-electron chi connectivity index (χ3n) is 9.14. The van der Waals surface area contributed by atoms with Crippen LogP contribution in [0.2, 0.25) is 0 Å². The predicted molar refractivity (Wildman–Crippen MR) is 228 cm³/mol. The molecule has 3 aliphatic rings. The highest BCUT2D eigenvalue weighted by Crippen LogP contribution is 2.73. The maximum atomic E-state index is 13.3. The number of nitrogens with two attached hydrogens (primary N) is 1. The van der Waals surface area contributed by atoms with Gasteiger partial charge in [-0.1, -0.05) is 0 Å². The Morgan fingerprint density at radius 1 is 0.582 bits per heavy atom. The fraction of sp³-hybridized carbons (Fsp3) is 0.282. The van der Waals surface area contributed by atoms with Crippen LogP contribution in [0.5, 0.6) is 0 Å². The van der Waals surface area contributed by atoms with Crippen molar-refractivity contribution < 1.29 is 89.7 Å². The number of aromatic carboxylic acids is 1. The summed E-state index contributed by atoms with van der Waals surface area (Å²) in [6.07, 6.45) is -2.27. The number of carbonyl (C=O) groups excluding carboxylic acids is 3. The first-order valence-corrected chi connectivity index (χ1v) is 24.0. The molecule has 67 heavy (non-hydrogen) atoms. The number of carboxylic acid groups (broad SMARTS) is 1. The molecule has 0 aromatic heterocycles. The molecular weight excluding hydrogens is 976 g/mol. The first-order chi connectivity index (χ1) is 30.6. The van der Waals surface area contributed by atoms with Crippen LogP contribution in [0, 0.1) is 28.7 Å². The second kappa shape index (κ2) is 20.9. The summed E-state index contributed by atoms with van der Waals surface area (Å²) in [7, 11) is -8.57. The van der Waals surface area contributed by atoms with E-state index < -0.39 is 94.3 Å². The van der Waals surface area contributed by atoms with Gasteiger partial charge in [-0.25, -0.2) is 57.2 Å². The molecule has 4 aromatic rings. The number of alkyl halides is 3. The van der Waals surface area contributed by atoms with Gasteiger partial charge in [-0.15, -0.1) is 0 Å². The quantitative estimate of drug-likeness (QED) is 0.0616. The van der Waals surface area contributed by atoms with Crippen LogP contribution in [-0.4, -0.2) is 98.9 Å². The number of hydrogen-bond acceptors (Lipinski definition) is 13. The SMILES string of the molecule is COC(=O)c1ccc(F)cc1N.COC(=O)c1ccc(F)cc1NS(C)(=O)=O.CS(=O)(=O)Nc1cc(F)ccc1C(=O)NC12CC(C(F)(F)F)(C1)C2.CS(=O)(=O)Nc1cc(F)ccc1C(=O)O. The van der Waals surface area contributed by atoms with Crippen LogP contribution >= 0.6 is 0 Å². The molecule has 0 atom stereocenters. The van der Waals surface area contributed by atoms with Crippen molar-refractivity contribution in [1.82, 2.24) is 5.32 Å². The van der Waals surface area contributed by atoms with Crippen molar-refractivity contribution in [1.29, 1.82) is 0 Å². The summed E-state index contributed by atoms with van der Waals surface area (Å²) in [5.41, 5.74) is 1.81. The topological polar surface area (TPSA) is 284 Å². The summed E-state index contributed by atoms with van der Waals surface area (Å²) in [5, 5.41) is 11.2. The van der Waals surface area contributed by atoms with E-state index in [1.807, 2.05) is 14.2 Å². The Morgan fingerprint density at radius 3 is 1.27 bits per heavy atom. The number of ether oxygens (including phenoxy) is 2. The van der Waals surface area contributed by atoms with Gasteiger partial charge < -0.3 is 25.6 Å². The molecule has 28 heteroatoms. The van der Waals surface area contributed by atoms with Crippen LogP contribution in [0.3, 0.4) is 0 Å². The Labute approximate surface area is 378 Å². The first kappa shape index (κ1) is 54.7. The summed E-state index contributed by atoms with van der Waals surface area (Å²) in [6.45, 7) is 0. The van der Waals surface area contributed by atoms with E-state index in [0.717, 1.165) is 92.6 Å². The van der Waals surface area contributed by atoms with Crippen LogP contribution < -0.4 is 25.2 Å². The molecule has 1 amide bonds. The van der Waals surface area contributed by atoms with Crippen LogP contribution in [-0.2, 0) is 39.5 Å². The molecule has 0 aliphatic heterocycles. The number of halogens is 7. The van der Waals surface area contributed by atoms with Crippen molar-refractivity contribution in [3.63, 3.8) is 0 Å². The molecule has 7 N–H and O–H groups in total. The van der Waals surface area contributed by atoms with Gasteiger partial charge in [0.1, 0.15) is 23.3 Å². The lowest BCUT2D eigenvalue weighted by atomic mass is 9.39. The van der Waals surface area contributed by atoms with Gasteiger partial charge >= 0.3 is 24.1 Å². The van der Waals surface area contributed by atoms with Gasteiger partial charge in [-0.3, -0.25) is 19.0 Å². The monoisotopic (exact) mass is 1020 g/mol. The van der Waals surface area contributed by atoms with Crippen molar-refractivity contribution in [3.05, 3.63) is 118 Å². The standard InChI is InChI=1S/C14H14F4N2O3S.C9H10FNO4S.C8H8FNO4S.C8H8FNO2/c1-24(22,23)20-10-4-8(15)2-3-9(10)11(21)19-13-5-12(6-13,7-13)14(16,17)18;1-15-9(12)7-4-3-6(10)5-8(7)11-16(2,13)14;1-15(13,14)10-7-4-5(9)2-3-6(7)8(11)12;1-12-8(11)6-3-2-5(9)4-7(6)10/h2-4,20H,5-7H2,1H3,(H,19,21);3-5,11H,1-2H3;2-4,10H,1H3,(H,11,12);2-4H,10H2,1H3. The van der Waals surface area contributed by atoms with Gasteiger partial charge in [-0.2, -0.15) is 13.2 Å². The number of amides is 1. The van der Waals surface area contributed by atoms with Gasteiger partial charge in [0.15, 0.2) is 0 Å². The molecule has 4 aromatic carbocycles. The molecule has 3 aliphatic carbocycles. The Bertz CT molecular complexity index is 2880. The Hall–Kier alpha value is -6.68. The zero-order valence-electron chi connectivity index (χ0n) is 35.3. The molecule has 0 unspecified atom stereocenters. The number of sulfonamides is 3. The van der Waals surface area contributed by atoms with Crippen molar-refractivity contribution in [2.75, 3.05) is 52.9 Å². The molecule has 3 fully saturated rings. The number of nitrogen functional groups attached to an aromatic ring is 1. The lowest BCUT2D eigenvalue weighted by molar-refractivity contribution is -0.336. The molecular formula is C39H40F7N5O13S3. The van der Waals surface area contributed by atoms with Crippen LogP contribution in [0.4, 0.5) is 53.5 Å². The third-order valence-corrected chi connectivity index (χ3v) is 10.9. The number of benzene rings is 4. The van der Waals surface area contributed by atoms with Gasteiger partial charge in [0, 0.05) is 11.2 Å². The molecule has 0 radical (unpaired) electrons. The molecule has 7 rings (SSSR count). The number of nitrogens with one attached hydrogen (secondary N) is 4. The van der Waals surface area contributed by atoms with Gasteiger partial charge in [0.05, 0.1) is 77.7 Å². The smallest absolute Gasteiger partial charge is 0.394 e. The van der Waals surface area contributed by atoms with E-state index in [1.54, 1.807) is 0 Å². The summed E-state index contributed by atoms with van der Waals surface area (Å²) < 4.78 is 171. The molecule has 0 spiro atoms. The zero-order chi connectivity index (χ0) is 51.1. The average molecular weight is 1020 g/mol. The minimum atomic E-state index is -4.29. The number of anilines is 4. The predicted octanol–water partition coefficient (Wildman–Crippen LogP) is 5.49. The van der Waals surface area contributed by atoms with E-state index in [-0.39, 0.29) is 64.3 Å². The van der Waals surface area contributed by atoms with Crippen LogP contribution in [0.15, 0.2) is 72.8 Å². The number of carboxylic acids is 1. The number of carbonyl (C=O) groups is 4. The lowest BCUT2D eigenvalue weighted by Crippen LogP contribution is -2.78. The average Bonchev–Trinajstić information content (AvgIpc) is 3.13. The van der Waals surface area contributed by atoms with Gasteiger partial charge in [0.25, 0.3) is 5.91 Å². The van der Waals surface area contributed by atoms with Gasteiger partial charge in [-0.05, 0) is 92.1 Å². The van der Waals surface area contributed by atoms with E-state index in [4.69, 9.17) is 10.8 Å². The molecule has 18 nitrogen and oxygen atoms in total. The van der Waals surface area contributed by atoms with Crippen molar-refractivity contribution in [2.24, 2.45) is 5.41 Å². The zero-order valence-corrected chi connectivity index (χ0v) is 37.8. The highest BCUT2D eigenvalue weighted by molar-refractivity contribution is 7.92.